The summed E-state index contributed by atoms with van der Waals surface area (Å²) < 4.78 is 1.97. The van der Waals surface area contributed by atoms with Crippen molar-refractivity contribution in [3.63, 3.8) is 0 Å². The molecule has 4 heteroatoms. The minimum atomic E-state index is 0.0959. The Kier molecular flexibility index (Phi) is 3.98. The number of hydrogen-bond acceptors (Lipinski definition) is 3. The average Bonchev–Trinajstić information content (AvgIpc) is 3.13. The summed E-state index contributed by atoms with van der Waals surface area (Å²) in [6, 6.07) is 17.0. The van der Waals surface area contributed by atoms with Crippen molar-refractivity contribution in [1.29, 1.82) is 0 Å². The number of fused-ring (bicyclic) bond motifs is 2. The number of benzene rings is 2. The molecule has 0 aliphatic carbocycles. The molecule has 0 spiro atoms. The molecule has 146 valence electrons. The second-order valence-electron chi connectivity index (χ2n) is 8.86. The summed E-state index contributed by atoms with van der Waals surface area (Å²) in [6.45, 7) is 9.06. The van der Waals surface area contributed by atoms with Crippen LogP contribution in [-0.2, 0) is 0 Å². The normalized spacial score (nSPS) is 17.7. The maximum Gasteiger partial charge on any atom is 0.163 e. The number of aryl methyl sites for hydroxylation is 1. The van der Waals surface area contributed by atoms with Gasteiger partial charge in [-0.25, -0.2) is 9.50 Å². The van der Waals surface area contributed by atoms with Crippen molar-refractivity contribution >= 4 is 11.3 Å². The number of nitrogens with one attached hydrogen (secondary N) is 1. The number of nitrogens with zero attached hydrogens (tertiary/aromatic N) is 3. The van der Waals surface area contributed by atoms with Crippen LogP contribution in [0.5, 0.6) is 0 Å². The summed E-state index contributed by atoms with van der Waals surface area (Å²) in [5.41, 5.74) is 9.32. The fourth-order valence-electron chi connectivity index (χ4n) is 4.73. The van der Waals surface area contributed by atoms with E-state index in [4.69, 9.17) is 5.10 Å². The summed E-state index contributed by atoms with van der Waals surface area (Å²) >= 11 is 0. The lowest BCUT2D eigenvalue weighted by Crippen LogP contribution is -2.36. The summed E-state index contributed by atoms with van der Waals surface area (Å²) in [7, 11) is 0. The highest BCUT2D eigenvalue weighted by atomic mass is 15.3. The fourth-order valence-corrected chi connectivity index (χ4v) is 4.73. The van der Waals surface area contributed by atoms with Gasteiger partial charge in [-0.3, -0.25) is 0 Å². The van der Waals surface area contributed by atoms with Crippen LogP contribution in [0.1, 0.15) is 44.2 Å². The lowest BCUT2D eigenvalue weighted by molar-refractivity contribution is 0.454. The largest absolute Gasteiger partial charge is 0.380 e. The van der Waals surface area contributed by atoms with Crippen LogP contribution in [0, 0.1) is 6.92 Å². The Morgan fingerprint density at radius 3 is 2.66 bits per heavy atom. The summed E-state index contributed by atoms with van der Waals surface area (Å²) in [6.07, 6.45) is 4.94. The minimum Gasteiger partial charge on any atom is -0.380 e. The van der Waals surface area contributed by atoms with E-state index in [1.807, 2.05) is 35.1 Å². The Labute approximate surface area is 171 Å². The molecule has 1 unspecified atom stereocenters. The van der Waals surface area contributed by atoms with Gasteiger partial charge in [0.1, 0.15) is 0 Å². The molecule has 5 rings (SSSR count). The predicted octanol–water partition coefficient (Wildman–Crippen LogP) is 6.07. The lowest BCUT2D eigenvalue weighted by Gasteiger charge is -2.38. The van der Waals surface area contributed by atoms with Crippen molar-refractivity contribution in [3.05, 3.63) is 72.1 Å². The third-order valence-electron chi connectivity index (χ3n) is 5.98. The van der Waals surface area contributed by atoms with Gasteiger partial charge in [-0.1, -0.05) is 43.3 Å². The Balaban J connectivity index is 1.68. The van der Waals surface area contributed by atoms with Gasteiger partial charge in [0.25, 0.3) is 0 Å². The molecule has 4 aromatic rings. The summed E-state index contributed by atoms with van der Waals surface area (Å²) in [5.74, 6) is 0.542. The zero-order valence-electron chi connectivity index (χ0n) is 17.4. The molecule has 1 N–H and O–H groups in total. The molecular weight excluding hydrogens is 356 g/mol. The molecule has 1 aliphatic heterocycles. The van der Waals surface area contributed by atoms with Gasteiger partial charge in [-0.2, -0.15) is 5.10 Å². The van der Waals surface area contributed by atoms with Gasteiger partial charge in [0, 0.05) is 28.6 Å². The smallest absolute Gasteiger partial charge is 0.163 e. The van der Waals surface area contributed by atoms with Gasteiger partial charge >= 0.3 is 0 Å². The second-order valence-corrected chi connectivity index (χ2v) is 8.86. The Morgan fingerprint density at radius 1 is 1.07 bits per heavy atom. The molecule has 0 saturated carbocycles. The zero-order chi connectivity index (χ0) is 20.2. The fraction of sp³-hybridized carbons (Fsp3) is 0.280. The molecular formula is C25H26N4. The van der Waals surface area contributed by atoms with Crippen molar-refractivity contribution in [2.75, 3.05) is 5.32 Å². The van der Waals surface area contributed by atoms with E-state index in [-0.39, 0.29) is 5.54 Å². The van der Waals surface area contributed by atoms with E-state index in [0.29, 0.717) is 5.92 Å². The molecule has 0 fully saturated rings. The number of rotatable bonds is 2. The van der Waals surface area contributed by atoms with Gasteiger partial charge in [0.15, 0.2) is 5.65 Å². The van der Waals surface area contributed by atoms with Crippen LogP contribution in [0.3, 0.4) is 0 Å². The van der Waals surface area contributed by atoms with E-state index in [1.54, 1.807) is 0 Å². The maximum absolute atomic E-state index is 4.70. The highest BCUT2D eigenvalue weighted by Crippen LogP contribution is 2.42. The van der Waals surface area contributed by atoms with Crippen molar-refractivity contribution < 1.29 is 0 Å². The first-order valence-electron chi connectivity index (χ1n) is 10.2. The van der Waals surface area contributed by atoms with E-state index in [2.05, 4.69) is 68.3 Å². The highest BCUT2D eigenvalue weighted by molar-refractivity contribution is 5.80. The molecule has 3 heterocycles. The van der Waals surface area contributed by atoms with Crippen LogP contribution < -0.4 is 5.32 Å². The molecule has 0 amide bonds. The van der Waals surface area contributed by atoms with Crippen LogP contribution in [0.4, 0.5) is 5.69 Å². The van der Waals surface area contributed by atoms with Crippen molar-refractivity contribution in [3.8, 4) is 22.4 Å². The van der Waals surface area contributed by atoms with Crippen molar-refractivity contribution in [2.45, 2.75) is 45.6 Å². The summed E-state index contributed by atoms with van der Waals surface area (Å²) in [4.78, 5) is 4.64. The number of anilines is 1. The third-order valence-corrected chi connectivity index (χ3v) is 5.98. The van der Waals surface area contributed by atoms with E-state index >= 15 is 0 Å². The van der Waals surface area contributed by atoms with Gasteiger partial charge in [0.2, 0.25) is 0 Å². The molecule has 0 saturated heterocycles. The second kappa shape index (κ2) is 6.45. The first-order valence-corrected chi connectivity index (χ1v) is 10.2. The van der Waals surface area contributed by atoms with Crippen LogP contribution in [0.15, 0.2) is 60.9 Å². The first kappa shape index (κ1) is 17.9. The topological polar surface area (TPSA) is 42.2 Å². The predicted molar refractivity (Wildman–Crippen MR) is 119 cm³/mol. The summed E-state index contributed by atoms with van der Waals surface area (Å²) in [5, 5.41) is 8.44. The quantitative estimate of drug-likeness (QED) is 0.457. The van der Waals surface area contributed by atoms with Gasteiger partial charge in [0.05, 0.1) is 11.9 Å². The molecule has 29 heavy (non-hydrogen) atoms. The minimum absolute atomic E-state index is 0.0959. The van der Waals surface area contributed by atoms with Gasteiger partial charge < -0.3 is 5.32 Å². The van der Waals surface area contributed by atoms with Crippen LogP contribution in [0.2, 0.25) is 0 Å². The Hall–Kier alpha value is -3.14. The first-order chi connectivity index (χ1) is 13.9. The molecule has 0 bridgehead atoms. The molecule has 0 radical (unpaired) electrons. The van der Waals surface area contributed by atoms with Crippen molar-refractivity contribution in [1.82, 2.24) is 14.6 Å². The third kappa shape index (κ3) is 3.00. The van der Waals surface area contributed by atoms with Crippen LogP contribution in [-0.4, -0.2) is 20.1 Å². The van der Waals surface area contributed by atoms with Gasteiger partial charge in [-0.15, -0.1) is 0 Å². The highest BCUT2D eigenvalue weighted by Gasteiger charge is 2.30. The Morgan fingerprint density at radius 2 is 1.86 bits per heavy atom. The average molecular weight is 383 g/mol. The monoisotopic (exact) mass is 382 g/mol. The lowest BCUT2D eigenvalue weighted by atomic mass is 9.80. The van der Waals surface area contributed by atoms with E-state index in [0.717, 1.165) is 28.9 Å². The van der Waals surface area contributed by atoms with Crippen LogP contribution >= 0.6 is 0 Å². The van der Waals surface area contributed by atoms with E-state index in [9.17, 15) is 0 Å². The zero-order valence-corrected chi connectivity index (χ0v) is 17.4. The van der Waals surface area contributed by atoms with E-state index in [1.165, 1.54) is 22.4 Å². The number of aromatic nitrogens is 3. The Bertz CT molecular complexity index is 1200. The standard InChI is InChI=1S/C25H26N4/c1-16-12-19-17(2)14-25(3,4)28-22(19)13-20(16)23-10-11-26-24-21(15-27-29(23)24)18-8-6-5-7-9-18/h5-13,15,17,28H,14H2,1-4H3. The maximum atomic E-state index is 4.70. The molecule has 1 aliphatic rings. The number of hydrogen-bond donors (Lipinski definition) is 1. The molecule has 2 aromatic heterocycles. The van der Waals surface area contributed by atoms with Crippen molar-refractivity contribution in [2.24, 2.45) is 0 Å². The van der Waals surface area contributed by atoms with Crippen LogP contribution in [0.25, 0.3) is 28.0 Å². The van der Waals surface area contributed by atoms with Gasteiger partial charge in [-0.05, 0) is 61.9 Å². The molecule has 4 nitrogen and oxygen atoms in total. The SMILES string of the molecule is Cc1cc2c(cc1-c1ccnc3c(-c4ccccc4)cnn13)NC(C)(C)CC2C. The van der Waals surface area contributed by atoms with E-state index < -0.39 is 0 Å². The molecule has 1 atom stereocenters. The molecule has 2 aromatic carbocycles.